The van der Waals surface area contributed by atoms with Gasteiger partial charge in [-0.15, -0.1) is 0 Å². The van der Waals surface area contributed by atoms with E-state index in [9.17, 15) is 9.90 Å². The molecule has 0 aromatic carbocycles. The second kappa shape index (κ2) is 15.0. The molecule has 0 heterocycles. The van der Waals surface area contributed by atoms with Crippen LogP contribution in [0.4, 0.5) is 0 Å². The lowest BCUT2D eigenvalue weighted by Gasteiger charge is -2.35. The van der Waals surface area contributed by atoms with Crippen LogP contribution in [0.2, 0.25) is 0 Å². The van der Waals surface area contributed by atoms with Gasteiger partial charge in [0.25, 0.3) is 0 Å². The fourth-order valence-corrected chi connectivity index (χ4v) is 3.93. The van der Waals surface area contributed by atoms with Crippen molar-refractivity contribution < 1.29 is 9.90 Å². The van der Waals surface area contributed by atoms with Crippen LogP contribution in [0.3, 0.4) is 0 Å². The van der Waals surface area contributed by atoms with Crippen molar-refractivity contribution in [2.45, 2.75) is 67.4 Å². The second-order valence-electron chi connectivity index (χ2n) is 9.71. The van der Waals surface area contributed by atoms with E-state index >= 15 is 0 Å². The highest BCUT2D eigenvalue weighted by Crippen LogP contribution is 2.41. The summed E-state index contributed by atoms with van der Waals surface area (Å²) in [4.78, 5) is 10.3. The van der Waals surface area contributed by atoms with E-state index in [1.54, 1.807) is 6.08 Å². The molecule has 0 saturated carbocycles. The fraction of sp³-hybridized carbons (Fsp3) is 0.344. The molecule has 1 aliphatic carbocycles. The van der Waals surface area contributed by atoms with Crippen LogP contribution in [0.5, 0.6) is 0 Å². The zero-order chi connectivity index (χ0) is 25.6. The molecule has 0 spiro atoms. The molecule has 0 aromatic rings. The van der Waals surface area contributed by atoms with Gasteiger partial charge in [0.1, 0.15) is 6.29 Å². The Labute approximate surface area is 207 Å². The highest BCUT2D eigenvalue weighted by Gasteiger charge is 2.31. The summed E-state index contributed by atoms with van der Waals surface area (Å²) in [7, 11) is 0. The Kier molecular flexibility index (Phi) is 12.8. The molecular weight excluding hydrogens is 416 g/mol. The van der Waals surface area contributed by atoms with Crippen LogP contribution in [0.25, 0.3) is 0 Å². The minimum absolute atomic E-state index is 0.00663. The molecule has 1 rings (SSSR count). The highest BCUT2D eigenvalue weighted by atomic mass is 16.3. The minimum Gasteiger partial charge on any atom is -0.393 e. The molecule has 0 aliphatic heterocycles. The van der Waals surface area contributed by atoms with Crippen molar-refractivity contribution in [2.75, 3.05) is 0 Å². The molecule has 0 amide bonds. The zero-order valence-electron chi connectivity index (χ0n) is 22.0. The number of aliphatic hydroxyl groups is 1. The van der Waals surface area contributed by atoms with Gasteiger partial charge < -0.3 is 5.11 Å². The normalized spacial score (nSPS) is 21.4. The summed E-state index contributed by atoms with van der Waals surface area (Å²) in [6, 6.07) is 0. The van der Waals surface area contributed by atoms with Gasteiger partial charge in [-0.2, -0.15) is 0 Å². The van der Waals surface area contributed by atoms with Gasteiger partial charge in [-0.1, -0.05) is 121 Å². The van der Waals surface area contributed by atoms with E-state index in [4.69, 9.17) is 0 Å². The third-order valence-electron chi connectivity index (χ3n) is 5.69. The Morgan fingerprint density at radius 2 is 1.21 bits per heavy atom. The molecule has 1 atom stereocenters. The summed E-state index contributed by atoms with van der Waals surface area (Å²) in [5, 5.41) is 10.1. The van der Waals surface area contributed by atoms with Crippen LogP contribution >= 0.6 is 0 Å². The number of aldehydes is 1. The SMILES string of the molecule is CC1=C(/C=C/C(C)=C/C=C/C(C)=C/C=C/C=C(C)/C=C/C=C(C)/C=C/C=O)C(C)(C)C[C@H](O)C1. The van der Waals surface area contributed by atoms with Gasteiger partial charge in [0.2, 0.25) is 0 Å². The molecule has 0 saturated heterocycles. The maximum absolute atomic E-state index is 10.3. The molecule has 34 heavy (non-hydrogen) atoms. The lowest BCUT2D eigenvalue weighted by Crippen LogP contribution is -2.28. The predicted octanol–water partition coefficient (Wildman–Crippen LogP) is 8.25. The van der Waals surface area contributed by atoms with E-state index in [1.165, 1.54) is 28.4 Å². The summed E-state index contributed by atoms with van der Waals surface area (Å²) in [5.41, 5.74) is 7.17. The average Bonchev–Trinajstić information content (AvgIpc) is 2.74. The van der Waals surface area contributed by atoms with Crippen molar-refractivity contribution in [1.82, 2.24) is 0 Å². The first-order valence-corrected chi connectivity index (χ1v) is 11.9. The predicted molar refractivity (Wildman–Crippen MR) is 149 cm³/mol. The van der Waals surface area contributed by atoms with Crippen molar-refractivity contribution in [1.29, 1.82) is 0 Å². The third kappa shape index (κ3) is 11.8. The number of allylic oxidation sites excluding steroid dienone is 19. The second-order valence-corrected chi connectivity index (χ2v) is 9.71. The van der Waals surface area contributed by atoms with Crippen LogP contribution in [0, 0.1) is 5.41 Å². The van der Waals surface area contributed by atoms with Crippen molar-refractivity contribution >= 4 is 6.29 Å². The highest BCUT2D eigenvalue weighted by molar-refractivity contribution is 5.65. The van der Waals surface area contributed by atoms with Gasteiger partial charge in [-0.05, 0) is 64.5 Å². The van der Waals surface area contributed by atoms with Crippen molar-refractivity contribution in [3.63, 3.8) is 0 Å². The molecule has 1 aliphatic rings. The summed E-state index contributed by atoms with van der Waals surface area (Å²) in [6.07, 6.45) is 30.3. The number of aliphatic hydroxyl groups excluding tert-OH is 1. The topological polar surface area (TPSA) is 37.3 Å². The van der Waals surface area contributed by atoms with E-state index in [-0.39, 0.29) is 11.5 Å². The molecule has 2 nitrogen and oxygen atoms in total. The first-order chi connectivity index (χ1) is 16.0. The minimum atomic E-state index is -0.226. The van der Waals surface area contributed by atoms with Gasteiger partial charge in [0.15, 0.2) is 0 Å². The summed E-state index contributed by atoms with van der Waals surface area (Å²) < 4.78 is 0. The summed E-state index contributed by atoms with van der Waals surface area (Å²) >= 11 is 0. The summed E-state index contributed by atoms with van der Waals surface area (Å²) in [6.45, 7) is 14.7. The quantitative estimate of drug-likeness (QED) is 0.203. The molecule has 0 aromatic heterocycles. The smallest absolute Gasteiger partial charge is 0.142 e. The molecule has 2 heteroatoms. The monoisotopic (exact) mass is 458 g/mol. The van der Waals surface area contributed by atoms with E-state index in [2.05, 4.69) is 84.1 Å². The Hall–Kier alpha value is -2.97. The lowest BCUT2D eigenvalue weighted by atomic mass is 9.71. The van der Waals surface area contributed by atoms with Gasteiger partial charge in [-0.3, -0.25) is 4.79 Å². The largest absolute Gasteiger partial charge is 0.393 e. The first-order valence-electron chi connectivity index (χ1n) is 11.9. The van der Waals surface area contributed by atoms with Gasteiger partial charge >= 0.3 is 0 Å². The van der Waals surface area contributed by atoms with Crippen LogP contribution in [0.1, 0.15) is 61.3 Å². The summed E-state index contributed by atoms with van der Waals surface area (Å²) in [5.74, 6) is 0. The Morgan fingerprint density at radius 3 is 1.68 bits per heavy atom. The fourth-order valence-electron chi connectivity index (χ4n) is 3.93. The van der Waals surface area contributed by atoms with E-state index in [0.29, 0.717) is 0 Å². The van der Waals surface area contributed by atoms with Crippen LogP contribution in [-0.2, 0) is 4.79 Å². The number of carbonyl (C=O) groups is 1. The van der Waals surface area contributed by atoms with Gasteiger partial charge in [0, 0.05) is 0 Å². The first kappa shape index (κ1) is 29.1. The van der Waals surface area contributed by atoms with E-state index < -0.39 is 0 Å². The number of carbonyl (C=O) groups excluding carboxylic acids is 1. The van der Waals surface area contributed by atoms with E-state index in [0.717, 1.165) is 30.3 Å². The van der Waals surface area contributed by atoms with Crippen molar-refractivity contribution in [3.8, 4) is 0 Å². The van der Waals surface area contributed by atoms with Crippen molar-refractivity contribution in [3.05, 3.63) is 119 Å². The molecule has 0 fully saturated rings. The van der Waals surface area contributed by atoms with Crippen LogP contribution < -0.4 is 0 Å². The zero-order valence-corrected chi connectivity index (χ0v) is 22.0. The standard InChI is InChI=1S/C32H42O2/c1-25(15-10-17-27(3)19-12-22-33)13-8-9-14-26(2)16-11-18-28(4)20-21-31-29(5)23-30(34)24-32(31,6)7/h8-22,30,34H,23-24H2,1-7H3/b9-8+,15-10+,16-11+,19-12+,21-20+,25-13+,26-14+,27-17+,28-18+/t30-/m1/s1. The Bertz CT molecular complexity index is 996. The Morgan fingerprint density at radius 1 is 0.765 bits per heavy atom. The van der Waals surface area contributed by atoms with Crippen LogP contribution in [0.15, 0.2) is 119 Å². The Balaban J connectivity index is 2.66. The van der Waals surface area contributed by atoms with Crippen LogP contribution in [-0.4, -0.2) is 17.5 Å². The molecular formula is C32H42O2. The van der Waals surface area contributed by atoms with Gasteiger partial charge in [-0.25, -0.2) is 0 Å². The number of hydrogen-bond donors (Lipinski definition) is 1. The maximum atomic E-state index is 10.3. The van der Waals surface area contributed by atoms with Gasteiger partial charge in [0.05, 0.1) is 6.10 Å². The molecule has 0 radical (unpaired) electrons. The molecule has 1 N–H and O–H groups in total. The van der Waals surface area contributed by atoms with E-state index in [1.807, 2.05) is 37.3 Å². The van der Waals surface area contributed by atoms with Crippen molar-refractivity contribution in [2.24, 2.45) is 5.41 Å². The molecule has 0 bridgehead atoms. The maximum Gasteiger partial charge on any atom is 0.142 e. The molecule has 0 unspecified atom stereocenters. The molecule has 182 valence electrons. The average molecular weight is 459 g/mol. The number of rotatable bonds is 10. The third-order valence-corrected chi connectivity index (χ3v) is 5.69. The lowest BCUT2D eigenvalue weighted by molar-refractivity contribution is -0.104. The number of hydrogen-bond acceptors (Lipinski definition) is 2.